The fourth-order valence-electron chi connectivity index (χ4n) is 2.67. The van der Waals surface area contributed by atoms with E-state index >= 15 is 0 Å². The van der Waals surface area contributed by atoms with Crippen LogP contribution >= 0.6 is 0 Å². The van der Waals surface area contributed by atoms with E-state index in [4.69, 9.17) is 5.73 Å². The zero-order valence-electron chi connectivity index (χ0n) is 12.8. The molecule has 0 saturated heterocycles. The van der Waals surface area contributed by atoms with E-state index in [1.54, 1.807) is 0 Å². The zero-order valence-corrected chi connectivity index (χ0v) is 12.8. The van der Waals surface area contributed by atoms with E-state index < -0.39 is 0 Å². The molecule has 2 heterocycles. The Labute approximate surface area is 130 Å². The Morgan fingerprint density at radius 1 is 1.27 bits per heavy atom. The van der Waals surface area contributed by atoms with Gasteiger partial charge >= 0.3 is 0 Å². The third kappa shape index (κ3) is 3.85. The van der Waals surface area contributed by atoms with E-state index in [9.17, 15) is 4.79 Å². The molecule has 2 aromatic rings. The Bertz CT molecular complexity index is 653. The van der Waals surface area contributed by atoms with Crippen LogP contribution in [0.15, 0.2) is 35.1 Å². The lowest BCUT2D eigenvalue weighted by atomic mass is 9.91. The lowest BCUT2D eigenvalue weighted by Crippen LogP contribution is -2.30. The smallest absolute Gasteiger partial charge is 0.257 e. The number of aromatic nitrogens is 2. The second-order valence-corrected chi connectivity index (χ2v) is 5.25. The number of H-pyrrole nitrogens is 1. The van der Waals surface area contributed by atoms with Crippen LogP contribution in [0.3, 0.4) is 0 Å². The summed E-state index contributed by atoms with van der Waals surface area (Å²) < 4.78 is 0. The number of benzene rings is 1. The van der Waals surface area contributed by atoms with Gasteiger partial charge in [-0.15, -0.1) is 0 Å². The second-order valence-electron chi connectivity index (χ2n) is 5.25. The van der Waals surface area contributed by atoms with E-state index in [1.807, 2.05) is 6.07 Å². The molecule has 22 heavy (non-hydrogen) atoms. The first-order chi connectivity index (χ1) is 10.7. The number of hydrogen-bond donors (Lipinski definition) is 4. The highest BCUT2D eigenvalue weighted by molar-refractivity contribution is 5.48. The van der Waals surface area contributed by atoms with Crippen LogP contribution in [0.4, 0.5) is 11.8 Å². The fraction of sp³-hybridized carbons (Fsp3) is 0.375. The van der Waals surface area contributed by atoms with E-state index in [0.29, 0.717) is 11.7 Å². The van der Waals surface area contributed by atoms with Crippen LogP contribution < -0.4 is 22.3 Å². The molecule has 1 aromatic carbocycles. The summed E-state index contributed by atoms with van der Waals surface area (Å²) in [6.07, 6.45) is 2.85. The van der Waals surface area contributed by atoms with Crippen LogP contribution in [0.2, 0.25) is 0 Å². The highest BCUT2D eigenvalue weighted by Crippen LogP contribution is 2.23. The van der Waals surface area contributed by atoms with Gasteiger partial charge in [-0.3, -0.25) is 9.78 Å². The van der Waals surface area contributed by atoms with Crippen molar-refractivity contribution >= 4 is 11.8 Å². The van der Waals surface area contributed by atoms with Crippen LogP contribution in [-0.4, -0.2) is 23.6 Å². The molecule has 0 saturated carbocycles. The molecule has 0 bridgehead atoms. The molecule has 3 rings (SSSR count). The molecule has 0 amide bonds. The summed E-state index contributed by atoms with van der Waals surface area (Å²) >= 11 is 0. The Morgan fingerprint density at radius 2 is 2.00 bits per heavy atom. The summed E-state index contributed by atoms with van der Waals surface area (Å²) in [4.78, 5) is 18.6. The molecule has 118 valence electrons. The molecule has 0 radical (unpaired) electrons. The maximum atomic E-state index is 11.9. The number of anilines is 2. The molecule has 1 aliphatic rings. The van der Waals surface area contributed by atoms with Crippen molar-refractivity contribution < 1.29 is 0 Å². The lowest BCUT2D eigenvalue weighted by Gasteiger charge is -2.24. The average molecular weight is 301 g/mol. The first kappa shape index (κ1) is 16.0. The lowest BCUT2D eigenvalue weighted by molar-refractivity contribution is 0.491. The summed E-state index contributed by atoms with van der Waals surface area (Å²) in [5.74, 6) is 1.26. The fourth-order valence-corrected chi connectivity index (χ4v) is 2.67. The maximum Gasteiger partial charge on any atom is 0.257 e. The van der Waals surface area contributed by atoms with Gasteiger partial charge in [-0.05, 0) is 37.8 Å². The van der Waals surface area contributed by atoms with Crippen LogP contribution in [0.1, 0.15) is 17.5 Å². The summed E-state index contributed by atoms with van der Waals surface area (Å²) in [6, 6.07) is 10.4. The summed E-state index contributed by atoms with van der Waals surface area (Å²) in [6.45, 7) is 0.843. The molecule has 1 aliphatic heterocycles. The number of nitrogen functional groups attached to an aromatic ring is 1. The highest BCUT2D eigenvalue weighted by atomic mass is 16.1. The van der Waals surface area contributed by atoms with Crippen molar-refractivity contribution in [3.05, 3.63) is 51.8 Å². The number of nitrogens with zero attached hydrogens (tertiary/aromatic N) is 1. The minimum atomic E-state index is -0.121. The van der Waals surface area contributed by atoms with Crippen molar-refractivity contribution in [3.8, 4) is 0 Å². The number of aromatic amines is 1. The van der Waals surface area contributed by atoms with E-state index in [1.165, 1.54) is 12.6 Å². The van der Waals surface area contributed by atoms with Crippen LogP contribution in [0.25, 0.3) is 0 Å². The third-order valence-corrected chi connectivity index (χ3v) is 3.77. The number of fused-ring (bicyclic) bond motifs is 1. The number of hydrogen-bond acceptors (Lipinski definition) is 5. The van der Waals surface area contributed by atoms with Gasteiger partial charge in [-0.1, -0.05) is 30.3 Å². The molecule has 0 spiro atoms. The normalized spacial score (nSPS) is 16.0. The number of aryl methyl sites for hydroxylation is 1. The van der Waals surface area contributed by atoms with Gasteiger partial charge in [-0.2, -0.15) is 4.98 Å². The van der Waals surface area contributed by atoms with Crippen LogP contribution in [0.5, 0.6) is 0 Å². The summed E-state index contributed by atoms with van der Waals surface area (Å²) in [5.41, 5.74) is 12.0. The molecule has 6 nitrogen and oxygen atoms in total. The number of nitrogens with two attached hydrogens (primary N) is 2. The minimum Gasteiger partial charge on any atom is -0.369 e. The van der Waals surface area contributed by atoms with Gasteiger partial charge < -0.3 is 16.8 Å². The Balaban J connectivity index is 0.000000847. The molecule has 6 heteroatoms. The van der Waals surface area contributed by atoms with Gasteiger partial charge in [0.1, 0.15) is 5.82 Å². The Kier molecular flexibility index (Phi) is 5.55. The first-order valence-electron chi connectivity index (χ1n) is 7.46. The van der Waals surface area contributed by atoms with Crippen molar-refractivity contribution in [1.82, 2.24) is 9.97 Å². The summed E-state index contributed by atoms with van der Waals surface area (Å²) in [5, 5.41) is 3.22. The predicted molar refractivity (Wildman–Crippen MR) is 89.8 cm³/mol. The molecule has 0 fully saturated rings. The van der Waals surface area contributed by atoms with E-state index in [-0.39, 0.29) is 11.5 Å². The Morgan fingerprint density at radius 3 is 2.73 bits per heavy atom. The van der Waals surface area contributed by atoms with E-state index in [0.717, 1.165) is 31.4 Å². The van der Waals surface area contributed by atoms with E-state index in [2.05, 4.69) is 45.3 Å². The van der Waals surface area contributed by atoms with Gasteiger partial charge in [0.2, 0.25) is 5.95 Å². The molecule has 0 aliphatic carbocycles. The molecular formula is C16H23N5O. The SMILES string of the molecule is CN.Nc1nc2c(c(=O)[nH]1)CC(CCc1ccccc1)CN2. The standard InChI is InChI=1S/C15H18N4O.CH5N/c16-15-18-13-12(14(20)19-15)8-11(9-17-13)7-6-10-4-2-1-3-5-10;1-2/h1-5,11H,6-9H2,(H4,16,17,18,19,20);2H2,1H3. The molecular weight excluding hydrogens is 278 g/mol. The van der Waals surface area contributed by atoms with Crippen LogP contribution in [-0.2, 0) is 12.8 Å². The number of rotatable bonds is 3. The van der Waals surface area contributed by atoms with Gasteiger partial charge in [-0.25, -0.2) is 0 Å². The predicted octanol–water partition coefficient (Wildman–Crippen LogP) is 1.14. The molecule has 6 N–H and O–H groups in total. The first-order valence-corrected chi connectivity index (χ1v) is 7.46. The van der Waals surface area contributed by atoms with Gasteiger partial charge in [0.25, 0.3) is 5.56 Å². The molecule has 1 unspecified atom stereocenters. The highest BCUT2D eigenvalue weighted by Gasteiger charge is 2.22. The van der Waals surface area contributed by atoms with Gasteiger partial charge in [0.05, 0.1) is 5.56 Å². The number of nitrogens with one attached hydrogen (secondary N) is 2. The molecule has 1 aromatic heterocycles. The van der Waals surface area contributed by atoms with Crippen molar-refractivity contribution in [2.75, 3.05) is 24.6 Å². The van der Waals surface area contributed by atoms with Crippen molar-refractivity contribution in [2.45, 2.75) is 19.3 Å². The second kappa shape index (κ2) is 7.61. The summed E-state index contributed by atoms with van der Waals surface area (Å²) in [7, 11) is 1.50. The van der Waals surface area contributed by atoms with Crippen molar-refractivity contribution in [2.24, 2.45) is 11.7 Å². The monoisotopic (exact) mass is 301 g/mol. The zero-order chi connectivity index (χ0) is 15.9. The topological polar surface area (TPSA) is 110 Å². The van der Waals surface area contributed by atoms with Crippen LogP contribution in [0, 0.1) is 5.92 Å². The van der Waals surface area contributed by atoms with Gasteiger partial charge in [0, 0.05) is 6.54 Å². The largest absolute Gasteiger partial charge is 0.369 e. The minimum absolute atomic E-state index is 0.121. The van der Waals surface area contributed by atoms with Gasteiger partial charge in [0.15, 0.2) is 0 Å². The third-order valence-electron chi connectivity index (χ3n) is 3.77. The average Bonchev–Trinajstić information content (AvgIpc) is 2.56. The quantitative estimate of drug-likeness (QED) is 0.679. The molecule has 1 atom stereocenters. The maximum absolute atomic E-state index is 11.9. The Hall–Kier alpha value is -2.34. The van der Waals surface area contributed by atoms with Crippen molar-refractivity contribution in [1.29, 1.82) is 0 Å². The van der Waals surface area contributed by atoms with Crippen molar-refractivity contribution in [3.63, 3.8) is 0 Å².